The van der Waals surface area contributed by atoms with E-state index in [1.807, 2.05) is 30.3 Å². The second-order valence-corrected chi connectivity index (χ2v) is 7.99. The van der Waals surface area contributed by atoms with E-state index in [1.165, 1.54) is 17.1 Å². The third kappa shape index (κ3) is 7.51. The van der Waals surface area contributed by atoms with Gasteiger partial charge in [0.25, 0.3) is 0 Å². The molecule has 9 heteroatoms. The number of aliphatic imine (C=N–C) groups is 1. The Labute approximate surface area is 208 Å². The Balaban J connectivity index is 1.98. The van der Waals surface area contributed by atoms with Crippen LogP contribution in [-0.2, 0) is 9.59 Å². The summed E-state index contributed by atoms with van der Waals surface area (Å²) >= 11 is 0. The molecule has 0 saturated heterocycles. The number of amides is 1. The number of halogens is 1. The van der Waals surface area contributed by atoms with Gasteiger partial charge in [0, 0.05) is 24.6 Å². The number of nitrogens with zero attached hydrogens (tertiary/aromatic N) is 2. The van der Waals surface area contributed by atoms with Crippen LogP contribution in [0.5, 0.6) is 0 Å². The van der Waals surface area contributed by atoms with Crippen molar-refractivity contribution in [2.45, 2.75) is 25.7 Å². The predicted octanol–water partition coefficient (Wildman–Crippen LogP) is 4.55. The Bertz CT molecular complexity index is 1240. The number of rotatable bonds is 11. The number of carbonyl (C=O) groups is 2. The number of carbonyl (C=O) groups excluding carboxylic acids is 1. The number of benzene rings is 3. The van der Waals surface area contributed by atoms with E-state index < -0.39 is 5.97 Å². The number of hydrogen-bond donors (Lipinski definition) is 4. The van der Waals surface area contributed by atoms with Crippen molar-refractivity contribution in [2.24, 2.45) is 16.6 Å². The molecular formula is C27H28FN5O3. The van der Waals surface area contributed by atoms with Gasteiger partial charge in [-0.15, -0.1) is 0 Å². The third-order valence-electron chi connectivity index (χ3n) is 5.36. The van der Waals surface area contributed by atoms with E-state index in [9.17, 15) is 14.0 Å². The number of unbranched alkanes of at least 4 members (excludes halogenated alkanes) is 1. The highest BCUT2D eigenvalue weighted by atomic mass is 19.1. The molecule has 186 valence electrons. The van der Waals surface area contributed by atoms with Crippen LogP contribution in [0.25, 0.3) is 16.8 Å². The van der Waals surface area contributed by atoms with Crippen molar-refractivity contribution in [3.8, 4) is 11.1 Å². The Kier molecular flexibility index (Phi) is 9.30. The summed E-state index contributed by atoms with van der Waals surface area (Å²) in [5.74, 6) is 5.41. The van der Waals surface area contributed by atoms with Crippen molar-refractivity contribution in [1.29, 1.82) is 0 Å². The summed E-state index contributed by atoms with van der Waals surface area (Å²) in [6, 6.07) is 20.7. The number of aliphatic carboxylic acids is 1. The van der Waals surface area contributed by atoms with Gasteiger partial charge in [-0.2, -0.15) is 0 Å². The van der Waals surface area contributed by atoms with Crippen molar-refractivity contribution in [2.75, 3.05) is 5.01 Å². The molecule has 0 bridgehead atoms. The molecule has 6 N–H and O–H groups in total. The van der Waals surface area contributed by atoms with Gasteiger partial charge in [0.05, 0.1) is 17.1 Å². The minimum absolute atomic E-state index is 0.0298. The lowest BCUT2D eigenvalue weighted by Crippen LogP contribution is -2.25. The Hall–Kier alpha value is -4.50. The zero-order valence-corrected chi connectivity index (χ0v) is 19.6. The first-order chi connectivity index (χ1) is 17.4. The lowest BCUT2D eigenvalue weighted by Gasteiger charge is -2.18. The normalized spacial score (nSPS) is 11.7. The fourth-order valence-electron chi connectivity index (χ4n) is 3.52. The van der Waals surface area contributed by atoms with Crippen LogP contribution in [0.4, 0.5) is 15.8 Å². The first-order valence-electron chi connectivity index (χ1n) is 11.3. The molecule has 0 aliphatic carbocycles. The smallest absolute Gasteiger partial charge is 0.303 e. The lowest BCUT2D eigenvalue weighted by molar-refractivity contribution is -0.137. The third-order valence-corrected chi connectivity index (χ3v) is 5.36. The lowest BCUT2D eigenvalue weighted by atomic mass is 10.0. The molecule has 0 aromatic heterocycles. The fourth-order valence-corrected chi connectivity index (χ4v) is 3.52. The predicted molar refractivity (Wildman–Crippen MR) is 140 cm³/mol. The van der Waals surface area contributed by atoms with E-state index in [0.29, 0.717) is 54.1 Å². The number of amidine groups is 1. The topological polar surface area (TPSA) is 134 Å². The highest BCUT2D eigenvalue weighted by molar-refractivity contribution is 5.94. The average Bonchev–Trinajstić information content (AvgIpc) is 2.87. The Morgan fingerprint density at radius 1 is 1.03 bits per heavy atom. The molecule has 36 heavy (non-hydrogen) atoms. The van der Waals surface area contributed by atoms with Crippen molar-refractivity contribution in [3.63, 3.8) is 0 Å². The number of hydrogen-bond acceptors (Lipinski definition) is 6. The molecule has 3 aromatic carbocycles. The van der Waals surface area contributed by atoms with Gasteiger partial charge in [-0.25, -0.2) is 15.2 Å². The van der Waals surface area contributed by atoms with Crippen molar-refractivity contribution < 1.29 is 19.1 Å². The van der Waals surface area contributed by atoms with Crippen LogP contribution in [0, 0.1) is 5.82 Å². The minimum Gasteiger partial charge on any atom is -0.481 e. The Morgan fingerprint density at radius 2 is 1.72 bits per heavy atom. The van der Waals surface area contributed by atoms with E-state index in [0.717, 1.165) is 11.1 Å². The molecule has 0 radical (unpaired) electrons. The molecule has 8 nitrogen and oxygen atoms in total. The number of carboxylic acids is 1. The van der Waals surface area contributed by atoms with Crippen LogP contribution in [-0.4, -0.2) is 23.3 Å². The highest BCUT2D eigenvalue weighted by Gasteiger charge is 2.11. The van der Waals surface area contributed by atoms with Gasteiger partial charge in [-0.3, -0.25) is 14.6 Å². The Morgan fingerprint density at radius 3 is 2.39 bits per heavy atom. The molecule has 0 aliphatic heterocycles. The highest BCUT2D eigenvalue weighted by Crippen LogP contribution is 2.34. The van der Waals surface area contributed by atoms with E-state index in [2.05, 4.69) is 10.3 Å². The van der Waals surface area contributed by atoms with Gasteiger partial charge in [-0.1, -0.05) is 48.5 Å². The second-order valence-electron chi connectivity index (χ2n) is 7.99. The van der Waals surface area contributed by atoms with Crippen LogP contribution in [0.2, 0.25) is 0 Å². The number of nitrogens with two attached hydrogens (primary N) is 2. The molecule has 0 atom stereocenters. The molecule has 3 aromatic rings. The summed E-state index contributed by atoms with van der Waals surface area (Å²) < 4.78 is 13.5. The van der Waals surface area contributed by atoms with Gasteiger partial charge < -0.3 is 16.2 Å². The fraction of sp³-hybridized carbons (Fsp3) is 0.148. The molecule has 0 heterocycles. The van der Waals surface area contributed by atoms with Gasteiger partial charge in [-0.05, 0) is 48.2 Å². The summed E-state index contributed by atoms with van der Waals surface area (Å²) in [6.45, 7) is 0. The number of anilines is 1. The minimum atomic E-state index is -0.881. The van der Waals surface area contributed by atoms with E-state index in [1.54, 1.807) is 36.5 Å². The van der Waals surface area contributed by atoms with Gasteiger partial charge >= 0.3 is 5.97 Å². The van der Waals surface area contributed by atoms with Crippen molar-refractivity contribution in [3.05, 3.63) is 90.4 Å². The number of carboxylic acid groups (broad SMARTS) is 1. The van der Waals surface area contributed by atoms with Crippen LogP contribution in [0.1, 0.15) is 31.2 Å². The maximum atomic E-state index is 13.5. The average molecular weight is 490 g/mol. The summed E-state index contributed by atoms with van der Waals surface area (Å²) in [6.07, 6.45) is 3.48. The van der Waals surface area contributed by atoms with Crippen molar-refractivity contribution in [1.82, 2.24) is 5.32 Å². The molecule has 0 saturated carbocycles. The standard InChI is InChI=1S/C27H28FN5O3/c28-21-12-10-19(11-13-21)23-15-14-22(33(30)17-24(29)20-6-2-1-3-7-20)16-25(23)32-26(31-18-34)8-4-5-9-27(35)36/h1-3,6-7,10-18H,4-5,8-9,29-30H2,(H,35,36)(H,31,32,34)/b24-17-. The first kappa shape index (κ1) is 26.1. The van der Waals surface area contributed by atoms with E-state index in [-0.39, 0.29) is 12.2 Å². The number of hydrazine groups is 1. The molecule has 1 amide bonds. The quantitative estimate of drug-likeness (QED) is 0.0780. The van der Waals surface area contributed by atoms with E-state index in [4.69, 9.17) is 16.7 Å². The van der Waals surface area contributed by atoms with Crippen molar-refractivity contribution >= 4 is 35.3 Å². The monoisotopic (exact) mass is 489 g/mol. The SMILES string of the molecule is N/C(=C\N(N)c1ccc(-c2ccc(F)cc2)c(/N=C(/CCCCC(=O)O)NC=O)c1)c1ccccc1. The molecule has 0 fully saturated rings. The van der Waals surface area contributed by atoms with Crippen LogP contribution in [0.3, 0.4) is 0 Å². The van der Waals surface area contributed by atoms with Crippen LogP contribution >= 0.6 is 0 Å². The zero-order chi connectivity index (χ0) is 25.9. The maximum absolute atomic E-state index is 13.5. The molecular weight excluding hydrogens is 461 g/mol. The second kappa shape index (κ2) is 12.8. The molecule has 0 aliphatic rings. The van der Waals surface area contributed by atoms with Gasteiger partial charge in [0.15, 0.2) is 0 Å². The molecule has 3 rings (SSSR count). The van der Waals surface area contributed by atoms with E-state index >= 15 is 0 Å². The molecule has 0 spiro atoms. The summed E-state index contributed by atoms with van der Waals surface area (Å²) in [5, 5.41) is 12.8. The summed E-state index contributed by atoms with van der Waals surface area (Å²) in [7, 11) is 0. The summed E-state index contributed by atoms with van der Waals surface area (Å²) in [5.41, 5.74) is 9.97. The van der Waals surface area contributed by atoms with Gasteiger partial charge in [0.2, 0.25) is 6.41 Å². The maximum Gasteiger partial charge on any atom is 0.303 e. The summed E-state index contributed by atoms with van der Waals surface area (Å²) in [4.78, 5) is 26.6. The largest absolute Gasteiger partial charge is 0.481 e. The van der Waals surface area contributed by atoms with Crippen LogP contribution < -0.4 is 21.9 Å². The van der Waals surface area contributed by atoms with Crippen LogP contribution in [0.15, 0.2) is 84.0 Å². The first-order valence-corrected chi connectivity index (χ1v) is 11.3. The molecule has 0 unspecified atom stereocenters. The zero-order valence-electron chi connectivity index (χ0n) is 19.6. The number of nitrogens with one attached hydrogen (secondary N) is 1. The van der Waals surface area contributed by atoms with Gasteiger partial charge in [0.1, 0.15) is 11.7 Å².